The minimum absolute atomic E-state index is 0.125. The highest BCUT2D eigenvalue weighted by molar-refractivity contribution is 7.13. The number of hydrogen-bond acceptors (Lipinski definition) is 4. The molecule has 25 heavy (non-hydrogen) atoms. The number of hydrogen-bond donors (Lipinski definition) is 0. The largest absolute Gasteiger partial charge is 0.496 e. The molecule has 0 aliphatic rings. The van der Waals surface area contributed by atoms with Crippen LogP contribution in [0.25, 0.3) is 16.5 Å². The minimum Gasteiger partial charge on any atom is -0.496 e. The summed E-state index contributed by atoms with van der Waals surface area (Å²) < 4.78 is 5.33. The zero-order chi connectivity index (χ0) is 17.6. The molecule has 0 amide bonds. The van der Waals surface area contributed by atoms with E-state index < -0.39 is 0 Å². The SMILES string of the molecule is COc1ccc(-c2cccs2)cc1C(=O)C=Cc1ccc(C#N)cc1. The Hall–Kier alpha value is -3.16. The number of nitrogens with zero attached hydrogens (tertiary/aromatic N) is 1. The maximum absolute atomic E-state index is 12.6. The van der Waals surface area contributed by atoms with Gasteiger partial charge in [-0.25, -0.2) is 0 Å². The molecular formula is C21H15NO2S. The Labute approximate surface area is 150 Å². The lowest BCUT2D eigenvalue weighted by atomic mass is 10.0. The van der Waals surface area contributed by atoms with Crippen molar-refractivity contribution >= 4 is 23.2 Å². The van der Waals surface area contributed by atoms with Crippen molar-refractivity contribution < 1.29 is 9.53 Å². The summed E-state index contributed by atoms with van der Waals surface area (Å²) in [6.07, 6.45) is 3.26. The topological polar surface area (TPSA) is 50.1 Å². The van der Waals surface area contributed by atoms with E-state index in [1.807, 2.05) is 47.8 Å². The van der Waals surface area contributed by atoms with Crippen LogP contribution in [-0.4, -0.2) is 12.9 Å². The molecule has 0 aliphatic heterocycles. The molecule has 1 aromatic heterocycles. The Morgan fingerprint density at radius 2 is 1.96 bits per heavy atom. The van der Waals surface area contributed by atoms with Crippen molar-refractivity contribution in [3.63, 3.8) is 0 Å². The van der Waals surface area contributed by atoms with Crippen LogP contribution in [0.5, 0.6) is 5.75 Å². The van der Waals surface area contributed by atoms with Crippen molar-refractivity contribution in [1.82, 2.24) is 0 Å². The van der Waals surface area contributed by atoms with Crippen LogP contribution in [0.2, 0.25) is 0 Å². The summed E-state index contributed by atoms with van der Waals surface area (Å²) >= 11 is 1.63. The Bertz CT molecular complexity index is 949. The van der Waals surface area contributed by atoms with E-state index in [1.54, 1.807) is 36.7 Å². The summed E-state index contributed by atoms with van der Waals surface area (Å²) in [5.41, 5.74) is 2.97. The van der Waals surface area contributed by atoms with Gasteiger partial charge >= 0.3 is 0 Å². The fraction of sp³-hybridized carbons (Fsp3) is 0.0476. The van der Waals surface area contributed by atoms with Gasteiger partial charge in [0.25, 0.3) is 0 Å². The molecule has 0 N–H and O–H groups in total. The second kappa shape index (κ2) is 7.61. The van der Waals surface area contributed by atoms with Gasteiger partial charge in [0.15, 0.2) is 5.78 Å². The minimum atomic E-state index is -0.125. The van der Waals surface area contributed by atoms with Crippen molar-refractivity contribution in [2.75, 3.05) is 7.11 Å². The number of benzene rings is 2. The second-order valence-electron chi connectivity index (χ2n) is 5.32. The lowest BCUT2D eigenvalue weighted by Gasteiger charge is -2.08. The Morgan fingerprint density at radius 3 is 2.60 bits per heavy atom. The molecule has 3 rings (SSSR count). The summed E-state index contributed by atoms with van der Waals surface area (Å²) in [6, 6.07) is 18.8. The van der Waals surface area contributed by atoms with E-state index in [0.717, 1.165) is 16.0 Å². The smallest absolute Gasteiger partial charge is 0.189 e. The molecule has 2 aromatic carbocycles. The summed E-state index contributed by atoms with van der Waals surface area (Å²) in [7, 11) is 1.56. The van der Waals surface area contributed by atoms with E-state index in [-0.39, 0.29) is 5.78 Å². The third-order valence-electron chi connectivity index (χ3n) is 3.74. The first kappa shape index (κ1) is 16.7. The summed E-state index contributed by atoms with van der Waals surface area (Å²) in [4.78, 5) is 13.7. The summed E-state index contributed by atoms with van der Waals surface area (Å²) in [6.45, 7) is 0. The number of thiophene rings is 1. The maximum Gasteiger partial charge on any atom is 0.189 e. The highest BCUT2D eigenvalue weighted by Crippen LogP contribution is 2.30. The number of carbonyl (C=O) groups excluding carboxylic acids is 1. The molecule has 0 spiro atoms. The number of rotatable bonds is 5. The van der Waals surface area contributed by atoms with Crippen molar-refractivity contribution in [3.05, 3.63) is 82.7 Å². The Kier molecular flexibility index (Phi) is 5.08. The van der Waals surface area contributed by atoms with E-state index in [1.165, 1.54) is 6.08 Å². The molecule has 0 atom stereocenters. The lowest BCUT2D eigenvalue weighted by Crippen LogP contribution is -1.99. The second-order valence-corrected chi connectivity index (χ2v) is 6.27. The molecule has 0 saturated heterocycles. The fourth-order valence-electron chi connectivity index (χ4n) is 2.43. The van der Waals surface area contributed by atoms with Crippen LogP contribution in [0, 0.1) is 11.3 Å². The van der Waals surface area contributed by atoms with Gasteiger partial charge in [0.1, 0.15) is 5.75 Å². The number of nitriles is 1. The van der Waals surface area contributed by atoms with Gasteiger partial charge in [0.2, 0.25) is 0 Å². The average Bonchev–Trinajstić information content (AvgIpc) is 3.20. The number of carbonyl (C=O) groups is 1. The number of ether oxygens (including phenoxy) is 1. The maximum atomic E-state index is 12.6. The zero-order valence-corrected chi connectivity index (χ0v) is 14.4. The van der Waals surface area contributed by atoms with E-state index in [4.69, 9.17) is 10.00 Å². The monoisotopic (exact) mass is 345 g/mol. The third kappa shape index (κ3) is 3.85. The van der Waals surface area contributed by atoms with Crippen LogP contribution in [-0.2, 0) is 0 Å². The average molecular weight is 345 g/mol. The first-order valence-corrected chi connectivity index (χ1v) is 8.54. The van der Waals surface area contributed by atoms with Crippen LogP contribution in [0.15, 0.2) is 66.1 Å². The number of methoxy groups -OCH3 is 1. The number of ketones is 1. The van der Waals surface area contributed by atoms with E-state index in [0.29, 0.717) is 16.9 Å². The molecule has 3 aromatic rings. The van der Waals surface area contributed by atoms with Gasteiger partial charge in [-0.1, -0.05) is 24.3 Å². The Balaban J connectivity index is 1.88. The first-order chi connectivity index (χ1) is 12.2. The molecular weight excluding hydrogens is 330 g/mol. The van der Waals surface area contributed by atoms with Gasteiger partial charge < -0.3 is 4.74 Å². The molecule has 0 radical (unpaired) electrons. The standard InChI is InChI=1S/C21H15NO2S/c1-24-20-11-9-17(21-3-2-12-25-21)13-18(20)19(23)10-8-15-4-6-16(14-22)7-5-15/h2-13H,1H3. The number of allylic oxidation sites excluding steroid dienone is 1. The third-order valence-corrected chi connectivity index (χ3v) is 4.66. The normalized spacial score (nSPS) is 10.6. The van der Waals surface area contributed by atoms with Crippen molar-refractivity contribution in [1.29, 1.82) is 5.26 Å². The van der Waals surface area contributed by atoms with E-state index in [9.17, 15) is 4.79 Å². The van der Waals surface area contributed by atoms with Gasteiger partial charge in [-0.05, 0) is 59.0 Å². The van der Waals surface area contributed by atoms with E-state index >= 15 is 0 Å². The fourth-order valence-corrected chi connectivity index (χ4v) is 3.15. The van der Waals surface area contributed by atoms with Gasteiger partial charge in [-0.15, -0.1) is 11.3 Å². The molecule has 0 bridgehead atoms. The Morgan fingerprint density at radius 1 is 1.16 bits per heavy atom. The molecule has 122 valence electrons. The van der Waals surface area contributed by atoms with Gasteiger partial charge in [-0.2, -0.15) is 5.26 Å². The van der Waals surface area contributed by atoms with Crippen LogP contribution < -0.4 is 4.74 Å². The van der Waals surface area contributed by atoms with Crippen molar-refractivity contribution in [2.45, 2.75) is 0 Å². The quantitative estimate of drug-likeness (QED) is 0.472. The highest BCUT2D eigenvalue weighted by atomic mass is 32.1. The van der Waals surface area contributed by atoms with Gasteiger partial charge in [0, 0.05) is 4.88 Å². The zero-order valence-electron chi connectivity index (χ0n) is 13.6. The molecule has 3 nitrogen and oxygen atoms in total. The molecule has 0 aliphatic carbocycles. The van der Waals surface area contributed by atoms with Gasteiger partial charge in [-0.3, -0.25) is 4.79 Å². The lowest BCUT2D eigenvalue weighted by molar-refractivity contribution is 0.104. The highest BCUT2D eigenvalue weighted by Gasteiger charge is 2.12. The molecule has 1 heterocycles. The predicted octanol–water partition coefficient (Wildman–Crippen LogP) is 5.19. The molecule has 0 unspecified atom stereocenters. The summed E-state index contributed by atoms with van der Waals surface area (Å²) in [5.74, 6) is 0.425. The van der Waals surface area contributed by atoms with Crippen LogP contribution in [0.3, 0.4) is 0 Å². The molecule has 0 saturated carbocycles. The molecule has 0 fully saturated rings. The first-order valence-electron chi connectivity index (χ1n) is 7.66. The molecule has 4 heteroatoms. The predicted molar refractivity (Wildman–Crippen MR) is 101 cm³/mol. The van der Waals surface area contributed by atoms with Gasteiger partial charge in [0.05, 0.1) is 24.3 Å². The van der Waals surface area contributed by atoms with Crippen molar-refractivity contribution in [3.8, 4) is 22.3 Å². The van der Waals surface area contributed by atoms with Crippen LogP contribution in [0.4, 0.5) is 0 Å². The van der Waals surface area contributed by atoms with Crippen LogP contribution in [0.1, 0.15) is 21.5 Å². The summed E-state index contributed by atoms with van der Waals surface area (Å²) in [5, 5.41) is 10.8. The van der Waals surface area contributed by atoms with Crippen molar-refractivity contribution in [2.24, 2.45) is 0 Å². The van der Waals surface area contributed by atoms with E-state index in [2.05, 4.69) is 6.07 Å². The van der Waals surface area contributed by atoms with Crippen LogP contribution >= 0.6 is 11.3 Å².